The average molecular weight is 367 g/mol. The number of methoxy groups -OCH3 is 2. The van der Waals surface area contributed by atoms with Crippen LogP contribution in [0, 0.1) is 6.92 Å². The van der Waals surface area contributed by atoms with Crippen molar-refractivity contribution in [3.8, 4) is 11.5 Å². The smallest absolute Gasteiger partial charge is 0.261 e. The van der Waals surface area contributed by atoms with E-state index in [1.807, 2.05) is 19.1 Å². The molecule has 1 amide bonds. The van der Waals surface area contributed by atoms with Crippen LogP contribution in [0.2, 0.25) is 0 Å². The topological polar surface area (TPSA) is 82.5 Å². The normalized spacial score (nSPS) is 10.6. The second-order valence-corrected chi connectivity index (χ2v) is 6.08. The molecule has 0 bridgehead atoms. The molecule has 7 nitrogen and oxygen atoms in total. The SMILES string of the molecule is COc1ccc(NC(=O)CCn2cnc3c(C)cccc3c2=O)cc1OC. The number of nitrogens with one attached hydrogen (secondary N) is 1. The largest absolute Gasteiger partial charge is 0.493 e. The first-order valence-electron chi connectivity index (χ1n) is 8.50. The third-order valence-electron chi connectivity index (χ3n) is 4.30. The van der Waals surface area contributed by atoms with Crippen molar-refractivity contribution in [1.82, 2.24) is 9.55 Å². The summed E-state index contributed by atoms with van der Waals surface area (Å²) in [7, 11) is 3.08. The molecule has 1 aromatic heterocycles. The zero-order valence-electron chi connectivity index (χ0n) is 15.5. The van der Waals surface area contributed by atoms with Gasteiger partial charge in [0.1, 0.15) is 0 Å². The van der Waals surface area contributed by atoms with E-state index in [1.54, 1.807) is 31.4 Å². The Morgan fingerprint density at radius 2 is 1.93 bits per heavy atom. The minimum absolute atomic E-state index is 0.146. The molecule has 0 fully saturated rings. The predicted octanol–water partition coefficient (Wildman–Crippen LogP) is 2.75. The summed E-state index contributed by atoms with van der Waals surface area (Å²) in [6.07, 6.45) is 1.63. The van der Waals surface area contributed by atoms with Crippen molar-refractivity contribution in [2.75, 3.05) is 19.5 Å². The number of benzene rings is 2. The molecule has 0 aliphatic heterocycles. The summed E-state index contributed by atoms with van der Waals surface area (Å²) in [4.78, 5) is 29.2. The van der Waals surface area contributed by atoms with Crippen LogP contribution in [-0.4, -0.2) is 29.7 Å². The van der Waals surface area contributed by atoms with Crippen molar-refractivity contribution >= 4 is 22.5 Å². The highest BCUT2D eigenvalue weighted by atomic mass is 16.5. The molecule has 1 heterocycles. The minimum atomic E-state index is -0.210. The van der Waals surface area contributed by atoms with Gasteiger partial charge >= 0.3 is 0 Å². The second-order valence-electron chi connectivity index (χ2n) is 6.08. The molecule has 0 spiro atoms. The lowest BCUT2D eigenvalue weighted by Gasteiger charge is -2.11. The van der Waals surface area contributed by atoms with Gasteiger partial charge in [-0.15, -0.1) is 0 Å². The van der Waals surface area contributed by atoms with E-state index in [-0.39, 0.29) is 24.4 Å². The first-order chi connectivity index (χ1) is 13.0. The summed E-state index contributed by atoms with van der Waals surface area (Å²) in [5.74, 6) is 0.902. The summed E-state index contributed by atoms with van der Waals surface area (Å²) in [5.41, 5.74) is 2.08. The van der Waals surface area contributed by atoms with Gasteiger partial charge in [-0.2, -0.15) is 0 Å². The molecule has 0 saturated heterocycles. The first kappa shape index (κ1) is 18.4. The quantitative estimate of drug-likeness (QED) is 0.724. The Kier molecular flexibility index (Phi) is 5.40. The number of ether oxygens (including phenoxy) is 2. The number of hydrogen-bond acceptors (Lipinski definition) is 5. The molecule has 27 heavy (non-hydrogen) atoms. The molecular formula is C20H21N3O4. The fourth-order valence-corrected chi connectivity index (χ4v) is 2.86. The van der Waals surface area contributed by atoms with E-state index < -0.39 is 0 Å². The molecule has 3 aromatic rings. The molecule has 140 valence electrons. The van der Waals surface area contributed by atoms with E-state index in [1.165, 1.54) is 18.0 Å². The van der Waals surface area contributed by atoms with Gasteiger partial charge in [-0.05, 0) is 30.7 Å². The van der Waals surface area contributed by atoms with Crippen molar-refractivity contribution in [3.05, 3.63) is 58.6 Å². The number of carbonyl (C=O) groups is 1. The van der Waals surface area contributed by atoms with E-state index in [9.17, 15) is 9.59 Å². The van der Waals surface area contributed by atoms with Crippen molar-refractivity contribution in [2.24, 2.45) is 0 Å². The Balaban J connectivity index is 1.70. The van der Waals surface area contributed by atoms with Gasteiger partial charge in [-0.3, -0.25) is 14.2 Å². The van der Waals surface area contributed by atoms with E-state index in [4.69, 9.17) is 9.47 Å². The van der Waals surface area contributed by atoms with Crippen molar-refractivity contribution in [1.29, 1.82) is 0 Å². The summed E-state index contributed by atoms with van der Waals surface area (Å²) < 4.78 is 11.9. The molecule has 2 aromatic carbocycles. The summed E-state index contributed by atoms with van der Waals surface area (Å²) in [5, 5.41) is 3.35. The number of para-hydroxylation sites is 1. The fourth-order valence-electron chi connectivity index (χ4n) is 2.86. The Hall–Kier alpha value is -3.35. The lowest BCUT2D eigenvalue weighted by molar-refractivity contribution is -0.116. The maximum absolute atomic E-state index is 12.6. The Bertz CT molecular complexity index is 1040. The number of fused-ring (bicyclic) bond motifs is 1. The highest BCUT2D eigenvalue weighted by Crippen LogP contribution is 2.29. The zero-order chi connectivity index (χ0) is 19.4. The van der Waals surface area contributed by atoms with Crippen molar-refractivity contribution in [2.45, 2.75) is 19.9 Å². The average Bonchev–Trinajstić information content (AvgIpc) is 2.68. The van der Waals surface area contributed by atoms with Crippen molar-refractivity contribution < 1.29 is 14.3 Å². The molecule has 0 aliphatic carbocycles. The third kappa shape index (κ3) is 3.92. The van der Waals surface area contributed by atoms with E-state index >= 15 is 0 Å². The van der Waals surface area contributed by atoms with Gasteiger partial charge in [0.05, 0.1) is 31.4 Å². The second kappa shape index (κ2) is 7.90. The van der Waals surface area contributed by atoms with Crippen LogP contribution in [0.15, 0.2) is 47.5 Å². The molecule has 7 heteroatoms. The monoisotopic (exact) mass is 367 g/mol. The Morgan fingerprint density at radius 1 is 1.15 bits per heavy atom. The first-order valence-corrected chi connectivity index (χ1v) is 8.50. The van der Waals surface area contributed by atoms with Gasteiger partial charge in [0.25, 0.3) is 5.56 Å². The number of rotatable bonds is 6. The summed E-state index contributed by atoms with van der Waals surface area (Å²) in [6.45, 7) is 2.16. The van der Waals surface area contributed by atoms with Crippen LogP contribution in [0.5, 0.6) is 11.5 Å². The number of anilines is 1. The number of aromatic nitrogens is 2. The van der Waals surface area contributed by atoms with Crippen molar-refractivity contribution in [3.63, 3.8) is 0 Å². The number of amides is 1. The number of aryl methyl sites for hydroxylation is 2. The lowest BCUT2D eigenvalue weighted by atomic mass is 10.1. The third-order valence-corrected chi connectivity index (χ3v) is 4.30. The molecular weight excluding hydrogens is 346 g/mol. The Morgan fingerprint density at radius 3 is 2.67 bits per heavy atom. The van der Waals surface area contributed by atoms with Crippen LogP contribution in [0.4, 0.5) is 5.69 Å². The van der Waals surface area contributed by atoms with Gasteiger partial charge in [-0.1, -0.05) is 12.1 Å². The predicted molar refractivity (Wildman–Crippen MR) is 104 cm³/mol. The number of carbonyl (C=O) groups excluding carboxylic acids is 1. The van der Waals surface area contributed by atoms with Gasteiger partial charge < -0.3 is 14.8 Å². The van der Waals surface area contributed by atoms with Gasteiger partial charge in [0, 0.05) is 24.7 Å². The van der Waals surface area contributed by atoms with Gasteiger partial charge in [-0.25, -0.2) is 4.98 Å². The minimum Gasteiger partial charge on any atom is -0.493 e. The maximum atomic E-state index is 12.6. The van der Waals surface area contributed by atoms with Crippen LogP contribution in [0.3, 0.4) is 0 Å². The lowest BCUT2D eigenvalue weighted by Crippen LogP contribution is -2.23. The highest BCUT2D eigenvalue weighted by molar-refractivity contribution is 5.91. The molecule has 0 unspecified atom stereocenters. The van der Waals surface area contributed by atoms with Crippen LogP contribution in [0.1, 0.15) is 12.0 Å². The number of hydrogen-bond donors (Lipinski definition) is 1. The molecule has 0 aliphatic rings. The van der Waals surface area contributed by atoms with Crippen LogP contribution >= 0.6 is 0 Å². The van der Waals surface area contributed by atoms with Crippen LogP contribution < -0.4 is 20.3 Å². The molecule has 0 saturated carbocycles. The van der Waals surface area contributed by atoms with Gasteiger partial charge in [0.2, 0.25) is 5.91 Å². The molecule has 1 N–H and O–H groups in total. The molecule has 0 atom stereocenters. The van der Waals surface area contributed by atoms with E-state index in [0.29, 0.717) is 28.1 Å². The molecule has 0 radical (unpaired) electrons. The van der Waals surface area contributed by atoms with Gasteiger partial charge in [0.15, 0.2) is 11.5 Å². The van der Waals surface area contributed by atoms with E-state index in [2.05, 4.69) is 10.3 Å². The van der Waals surface area contributed by atoms with Crippen LogP contribution in [-0.2, 0) is 11.3 Å². The van der Waals surface area contributed by atoms with E-state index in [0.717, 1.165) is 5.56 Å². The zero-order valence-corrected chi connectivity index (χ0v) is 15.5. The fraction of sp³-hybridized carbons (Fsp3) is 0.250. The molecule has 3 rings (SSSR count). The summed E-state index contributed by atoms with van der Waals surface area (Å²) in [6, 6.07) is 10.6. The standard InChI is InChI=1S/C20H21N3O4/c1-13-5-4-6-15-19(13)21-12-23(20(15)25)10-9-18(24)22-14-7-8-16(26-2)17(11-14)27-3/h4-8,11-12H,9-10H2,1-3H3,(H,22,24). The highest BCUT2D eigenvalue weighted by Gasteiger charge is 2.10. The van der Waals surface area contributed by atoms with Crippen LogP contribution in [0.25, 0.3) is 10.9 Å². The summed E-state index contributed by atoms with van der Waals surface area (Å²) >= 11 is 0. The Labute approximate surface area is 156 Å². The number of nitrogens with zero attached hydrogens (tertiary/aromatic N) is 2. The maximum Gasteiger partial charge on any atom is 0.261 e.